The lowest BCUT2D eigenvalue weighted by molar-refractivity contribution is 0.0600. The van der Waals surface area contributed by atoms with Crippen molar-refractivity contribution in [3.05, 3.63) is 16.5 Å². The van der Waals surface area contributed by atoms with E-state index >= 15 is 0 Å². The van der Waals surface area contributed by atoms with Crippen LogP contribution in [0, 0.1) is 6.92 Å². The maximum absolute atomic E-state index is 11.7. The first-order valence-electron chi connectivity index (χ1n) is 6.03. The van der Waals surface area contributed by atoms with Crippen molar-refractivity contribution in [3.8, 4) is 0 Å². The number of aromatic nitrogens is 2. The van der Waals surface area contributed by atoms with Gasteiger partial charge in [-0.25, -0.2) is 9.78 Å². The Hall–Kier alpha value is -1.40. The van der Waals surface area contributed by atoms with Gasteiger partial charge in [0.2, 0.25) is 5.28 Å². The second-order valence-electron chi connectivity index (χ2n) is 4.11. The van der Waals surface area contributed by atoms with Crippen molar-refractivity contribution in [1.29, 1.82) is 0 Å². The van der Waals surface area contributed by atoms with Gasteiger partial charge in [0, 0.05) is 0 Å². The van der Waals surface area contributed by atoms with Gasteiger partial charge in [-0.2, -0.15) is 4.98 Å². The number of anilines is 1. The second-order valence-corrected chi connectivity index (χ2v) is 4.44. The monoisotopic (exact) mass is 287 g/mol. The summed E-state index contributed by atoms with van der Waals surface area (Å²) in [6.45, 7) is 3.59. The van der Waals surface area contributed by atoms with E-state index in [9.17, 15) is 9.90 Å². The molecule has 2 N–H and O–H groups in total. The van der Waals surface area contributed by atoms with Crippen molar-refractivity contribution in [1.82, 2.24) is 9.97 Å². The number of rotatable bonds is 6. The Labute approximate surface area is 117 Å². The lowest BCUT2D eigenvalue weighted by atomic mass is 10.1. The van der Waals surface area contributed by atoms with Gasteiger partial charge in [0.05, 0.1) is 25.5 Å². The summed E-state index contributed by atoms with van der Waals surface area (Å²) in [5.41, 5.74) is 0.670. The number of nitrogens with one attached hydrogen (secondary N) is 1. The lowest BCUT2D eigenvalue weighted by Gasteiger charge is -2.18. The van der Waals surface area contributed by atoms with Gasteiger partial charge in [0.1, 0.15) is 11.4 Å². The second kappa shape index (κ2) is 7.25. The average Bonchev–Trinajstić information content (AvgIpc) is 2.36. The molecule has 6 nitrogen and oxygen atoms in total. The van der Waals surface area contributed by atoms with Crippen LogP contribution in [-0.2, 0) is 4.74 Å². The third-order valence-corrected chi connectivity index (χ3v) is 2.82. The summed E-state index contributed by atoms with van der Waals surface area (Å²) >= 11 is 5.80. The molecule has 106 valence electrons. The highest BCUT2D eigenvalue weighted by Crippen LogP contribution is 2.21. The predicted molar refractivity (Wildman–Crippen MR) is 72.5 cm³/mol. The van der Waals surface area contributed by atoms with Crippen molar-refractivity contribution >= 4 is 23.4 Å². The van der Waals surface area contributed by atoms with E-state index in [1.54, 1.807) is 6.92 Å². The van der Waals surface area contributed by atoms with Crippen LogP contribution in [0.4, 0.5) is 5.82 Å². The molecule has 0 saturated heterocycles. The summed E-state index contributed by atoms with van der Waals surface area (Å²) < 4.78 is 4.71. The largest absolute Gasteiger partial charge is 0.465 e. The van der Waals surface area contributed by atoms with Gasteiger partial charge in [-0.05, 0) is 24.9 Å². The van der Waals surface area contributed by atoms with Crippen LogP contribution in [-0.4, -0.2) is 40.8 Å². The summed E-state index contributed by atoms with van der Waals surface area (Å²) in [5, 5.41) is 12.3. The lowest BCUT2D eigenvalue weighted by Crippen LogP contribution is -2.26. The molecule has 0 radical (unpaired) electrons. The van der Waals surface area contributed by atoms with Crippen molar-refractivity contribution in [2.24, 2.45) is 0 Å². The van der Waals surface area contributed by atoms with Crippen LogP contribution in [0.15, 0.2) is 0 Å². The number of halogens is 1. The van der Waals surface area contributed by atoms with Gasteiger partial charge in [-0.15, -0.1) is 0 Å². The number of hydrogen-bond acceptors (Lipinski definition) is 6. The molecule has 0 unspecified atom stereocenters. The fraction of sp³-hybridized carbons (Fsp3) is 0.583. The molecule has 1 heterocycles. The number of methoxy groups -OCH3 is 1. The van der Waals surface area contributed by atoms with Crippen LogP contribution < -0.4 is 5.32 Å². The molecule has 19 heavy (non-hydrogen) atoms. The number of hydrogen-bond donors (Lipinski definition) is 2. The highest BCUT2D eigenvalue weighted by Gasteiger charge is 2.20. The number of esters is 1. The van der Waals surface area contributed by atoms with Crippen LogP contribution in [0.3, 0.4) is 0 Å². The van der Waals surface area contributed by atoms with E-state index in [1.165, 1.54) is 7.11 Å². The average molecular weight is 288 g/mol. The van der Waals surface area contributed by atoms with Gasteiger partial charge in [0.15, 0.2) is 0 Å². The predicted octanol–water partition coefficient (Wildman–Crippen LogP) is 1.80. The molecule has 0 aliphatic carbocycles. The zero-order chi connectivity index (χ0) is 14.4. The van der Waals surface area contributed by atoms with Crippen molar-refractivity contribution in [2.75, 3.05) is 19.0 Å². The number of aliphatic hydroxyl groups excluding tert-OH is 1. The number of ether oxygens (including phenoxy) is 1. The fourth-order valence-corrected chi connectivity index (χ4v) is 1.95. The smallest absolute Gasteiger partial charge is 0.343 e. The summed E-state index contributed by atoms with van der Waals surface area (Å²) in [5.74, 6) is -0.248. The number of aliphatic hydroxyl groups is 1. The van der Waals surface area contributed by atoms with Gasteiger partial charge >= 0.3 is 5.97 Å². The van der Waals surface area contributed by atoms with E-state index in [0.29, 0.717) is 5.69 Å². The molecule has 1 aromatic rings. The molecule has 1 atom stereocenters. The molecular formula is C12H18ClN3O3. The van der Waals surface area contributed by atoms with Gasteiger partial charge in [0.25, 0.3) is 0 Å². The minimum atomic E-state index is -0.537. The Kier molecular flexibility index (Phi) is 5.98. The molecule has 0 bridgehead atoms. The Morgan fingerprint density at radius 3 is 2.74 bits per heavy atom. The standard InChI is InChI=1S/C12H18ClN3O3/c1-4-5-8(6-17)15-10-9(11(18)19-3)7(2)14-12(13)16-10/h8,17H,4-6H2,1-3H3,(H,14,15,16)/t8-/m1/s1. The molecular weight excluding hydrogens is 270 g/mol. The quantitative estimate of drug-likeness (QED) is 0.613. The number of aryl methyl sites for hydroxylation is 1. The van der Waals surface area contributed by atoms with E-state index in [2.05, 4.69) is 15.3 Å². The number of carbonyl (C=O) groups is 1. The number of nitrogens with zero attached hydrogens (tertiary/aromatic N) is 2. The van der Waals surface area contributed by atoms with Crippen molar-refractivity contribution in [2.45, 2.75) is 32.7 Å². The molecule has 0 amide bonds. The minimum Gasteiger partial charge on any atom is -0.465 e. The molecule has 0 aliphatic heterocycles. The van der Waals surface area contributed by atoms with Crippen LogP contribution in [0.25, 0.3) is 0 Å². The number of carbonyl (C=O) groups excluding carboxylic acids is 1. The topological polar surface area (TPSA) is 84.3 Å². The molecule has 0 fully saturated rings. The zero-order valence-electron chi connectivity index (χ0n) is 11.2. The molecule has 1 rings (SSSR count). The van der Waals surface area contributed by atoms with Crippen molar-refractivity contribution < 1.29 is 14.6 Å². The first-order chi connectivity index (χ1) is 9.03. The summed E-state index contributed by atoms with van der Waals surface area (Å²) in [6.07, 6.45) is 1.64. The van der Waals surface area contributed by atoms with E-state index in [4.69, 9.17) is 16.3 Å². The first kappa shape index (κ1) is 15.7. The fourth-order valence-electron chi connectivity index (χ4n) is 1.74. The summed E-state index contributed by atoms with van der Waals surface area (Å²) in [6, 6.07) is -0.196. The van der Waals surface area contributed by atoms with E-state index < -0.39 is 5.97 Å². The summed E-state index contributed by atoms with van der Waals surface area (Å²) in [7, 11) is 1.29. The van der Waals surface area contributed by atoms with Crippen LogP contribution in [0.2, 0.25) is 5.28 Å². The van der Waals surface area contributed by atoms with Crippen LogP contribution in [0.1, 0.15) is 35.8 Å². The van der Waals surface area contributed by atoms with E-state index in [1.807, 2.05) is 6.92 Å². The Morgan fingerprint density at radius 2 is 2.21 bits per heavy atom. The third-order valence-electron chi connectivity index (χ3n) is 2.65. The zero-order valence-corrected chi connectivity index (χ0v) is 12.0. The molecule has 0 aliphatic rings. The maximum atomic E-state index is 11.7. The van der Waals surface area contributed by atoms with Crippen LogP contribution in [0.5, 0.6) is 0 Å². The van der Waals surface area contributed by atoms with E-state index in [-0.39, 0.29) is 29.3 Å². The molecule has 0 spiro atoms. The first-order valence-corrected chi connectivity index (χ1v) is 6.41. The normalized spacial score (nSPS) is 12.1. The Balaban J connectivity index is 3.13. The SMILES string of the molecule is CCC[C@H](CO)Nc1nc(Cl)nc(C)c1C(=O)OC. The van der Waals surface area contributed by atoms with E-state index in [0.717, 1.165) is 12.8 Å². The highest BCUT2D eigenvalue weighted by molar-refractivity contribution is 6.28. The van der Waals surface area contributed by atoms with Crippen molar-refractivity contribution in [3.63, 3.8) is 0 Å². The minimum absolute atomic E-state index is 0.0424. The Bertz CT molecular complexity index is 454. The third kappa shape index (κ3) is 4.04. The van der Waals surface area contributed by atoms with Crippen LogP contribution >= 0.6 is 11.6 Å². The van der Waals surface area contributed by atoms with Gasteiger partial charge < -0.3 is 15.2 Å². The molecule has 1 aromatic heterocycles. The molecule has 0 saturated carbocycles. The van der Waals surface area contributed by atoms with Gasteiger partial charge in [-0.1, -0.05) is 13.3 Å². The highest BCUT2D eigenvalue weighted by atomic mass is 35.5. The summed E-state index contributed by atoms with van der Waals surface area (Å²) in [4.78, 5) is 19.7. The Morgan fingerprint density at radius 1 is 1.53 bits per heavy atom. The molecule has 7 heteroatoms. The maximum Gasteiger partial charge on any atom is 0.343 e. The molecule has 0 aromatic carbocycles. The van der Waals surface area contributed by atoms with Gasteiger partial charge in [-0.3, -0.25) is 0 Å².